The molecule has 0 saturated heterocycles. The van der Waals surface area contributed by atoms with Gasteiger partial charge in [0.05, 0.1) is 0 Å². The molecule has 0 radical (unpaired) electrons. The van der Waals surface area contributed by atoms with Crippen molar-refractivity contribution in [2.75, 3.05) is 0 Å². The van der Waals surface area contributed by atoms with Crippen LogP contribution in [0.5, 0.6) is 0 Å². The molecule has 0 bridgehead atoms. The molecule has 0 fully saturated rings. The molecule has 0 unspecified atom stereocenters. The second-order valence-corrected chi connectivity index (χ2v) is 8.21. The first-order chi connectivity index (χ1) is 21.9. The summed E-state index contributed by atoms with van der Waals surface area (Å²) in [6.07, 6.45) is 27.8. The molecule has 0 aliphatic carbocycles. The summed E-state index contributed by atoms with van der Waals surface area (Å²) in [4.78, 5) is 30.9. The first kappa shape index (κ1) is 41.9. The number of aromatic nitrogens is 8. The summed E-state index contributed by atoms with van der Waals surface area (Å²) in [5.41, 5.74) is 5.18. The van der Waals surface area contributed by atoms with Crippen molar-refractivity contribution in [3.63, 3.8) is 0 Å². The Labute approximate surface area is 324 Å². The number of hydrogen-bond donors (Lipinski definition) is 0. The van der Waals surface area contributed by atoms with E-state index in [-0.39, 0.29) is 75.4 Å². The maximum atomic E-state index is 4.96. The average Bonchev–Trinajstić information content (AvgIpc) is 3.96. The van der Waals surface area contributed by atoms with Gasteiger partial charge in [-0.3, -0.25) is 19.9 Å². The van der Waals surface area contributed by atoms with Crippen LogP contribution in [0.3, 0.4) is 0 Å². The molecule has 48 heavy (non-hydrogen) atoms. The molecule has 8 aromatic rings. The van der Waals surface area contributed by atoms with Crippen molar-refractivity contribution >= 4 is 0 Å². The van der Waals surface area contributed by atoms with Gasteiger partial charge in [-0.15, -0.1) is 0 Å². The molecule has 0 aliphatic heterocycles. The van der Waals surface area contributed by atoms with Crippen LogP contribution in [-0.4, -0.2) is 39.9 Å². The first-order valence-corrected chi connectivity index (χ1v) is 12.8. The summed E-state index contributed by atoms with van der Waals surface area (Å²) in [6, 6.07) is 16.8. The van der Waals surface area contributed by atoms with E-state index in [0.29, 0.717) is 17.2 Å². The average molecular weight is 608 g/mol. The van der Waals surface area contributed by atoms with Gasteiger partial charge in [0.2, 0.25) is 0 Å². The number of hydrogen-bond acceptors (Lipinski definition) is 12. The van der Waals surface area contributed by atoms with E-state index in [2.05, 4.69) is 65.4 Å². The smallest absolute Gasteiger partial charge is 0.581 e. The Balaban J connectivity index is 0.000000311. The Bertz CT molecular complexity index is 1560. The number of oxazole rings is 4. The summed E-state index contributed by atoms with van der Waals surface area (Å²) >= 11 is 0. The van der Waals surface area contributed by atoms with Gasteiger partial charge in [-0.2, -0.15) is 0 Å². The zero-order valence-corrected chi connectivity index (χ0v) is 26.8. The van der Waals surface area contributed by atoms with Crippen LogP contribution >= 0.6 is 0 Å². The van der Waals surface area contributed by atoms with E-state index in [1.807, 2.05) is 54.6 Å². The molecule has 8 aromatic heterocycles. The monoisotopic (exact) mass is 608 g/mol. The minimum atomic E-state index is 0. The molecule has 12 nitrogen and oxygen atoms in total. The van der Waals surface area contributed by atoms with Crippen molar-refractivity contribution in [2.45, 2.75) is 0 Å². The van der Waals surface area contributed by atoms with Gasteiger partial charge in [0.15, 0.2) is 0 Å². The maximum absolute atomic E-state index is 4.96. The van der Waals surface area contributed by atoms with Gasteiger partial charge in [0.25, 0.3) is 0 Å². The van der Waals surface area contributed by atoms with E-state index >= 15 is 0 Å². The Morgan fingerprint density at radius 2 is 1.02 bits per heavy atom. The molecule has 8 heterocycles. The van der Waals surface area contributed by atoms with Crippen LogP contribution in [0.1, 0.15) is 0 Å². The van der Waals surface area contributed by atoms with Gasteiger partial charge < -0.3 is 37.6 Å². The van der Waals surface area contributed by atoms with Gasteiger partial charge in [-0.1, -0.05) is 30.1 Å². The Kier molecular flexibility index (Phi) is 21.0. The fraction of sp³-hybridized carbons (Fsp3) is 0. The van der Waals surface area contributed by atoms with Crippen LogP contribution in [0.15, 0.2) is 141 Å². The molecule has 0 aliphatic rings. The van der Waals surface area contributed by atoms with Crippen LogP contribution in [0.25, 0.3) is 45.3 Å². The van der Waals surface area contributed by atoms with Crippen molar-refractivity contribution in [3.8, 4) is 45.3 Å². The Hall–Kier alpha value is -4.17. The SMILES string of the molecule is [Li+].[Li+].[Li+].[Li+].[c-]1nc(-c2ccccn2)co1.[c-]1nc(-c2ccncc2)co1.[c-]1ncc(-c2cccnc2)o1.[c-]1ncc(-c2ccncc2)o1. The molecule has 0 atom stereocenters. The third-order valence-electron chi connectivity index (χ3n) is 5.37. The minimum absolute atomic E-state index is 0. The Morgan fingerprint density at radius 1 is 0.438 bits per heavy atom. The normalized spacial score (nSPS) is 9.00. The molecule has 216 valence electrons. The third-order valence-corrected chi connectivity index (χ3v) is 5.37. The summed E-state index contributed by atoms with van der Waals surface area (Å²) in [5.74, 6) is 1.41. The summed E-state index contributed by atoms with van der Waals surface area (Å²) in [7, 11) is 0. The fourth-order valence-corrected chi connectivity index (χ4v) is 3.32. The third kappa shape index (κ3) is 13.5. The van der Waals surface area contributed by atoms with E-state index in [1.165, 1.54) is 6.26 Å². The molecule has 0 aromatic carbocycles. The first-order valence-electron chi connectivity index (χ1n) is 12.8. The molecule has 8 rings (SSSR count). The van der Waals surface area contributed by atoms with Gasteiger partial charge in [0.1, 0.15) is 25.6 Å². The largest absolute Gasteiger partial charge is 1.00 e. The molecule has 0 N–H and O–H groups in total. The van der Waals surface area contributed by atoms with Gasteiger partial charge in [0, 0.05) is 49.1 Å². The van der Waals surface area contributed by atoms with E-state index in [0.717, 1.165) is 28.1 Å². The fourth-order valence-electron chi connectivity index (χ4n) is 3.32. The van der Waals surface area contributed by atoms with Crippen LogP contribution in [0.2, 0.25) is 0 Å². The van der Waals surface area contributed by atoms with Crippen molar-refractivity contribution < 1.29 is 93.1 Å². The van der Waals surface area contributed by atoms with Crippen molar-refractivity contribution in [1.29, 1.82) is 0 Å². The molecule has 0 spiro atoms. The van der Waals surface area contributed by atoms with Crippen LogP contribution in [0.4, 0.5) is 0 Å². The van der Waals surface area contributed by atoms with Gasteiger partial charge >= 0.3 is 75.4 Å². The molecule has 16 heteroatoms. The van der Waals surface area contributed by atoms with Crippen molar-refractivity contribution in [1.82, 2.24) is 39.9 Å². The quantitative estimate of drug-likeness (QED) is 0.138. The standard InChI is InChI=1S/4C8H5N2O.4Li/c1-3-9-4-2-7(1)8-5-11-6-10-8;1-3-9-4-2-7(1)8-5-10-6-11-8;1-2-7(4-9-3-1)8-5-10-6-11-8;1-2-4-9-7(3-1)8-5-11-6-10-8;;;;/h4*1-5H;;;;/q4*-1;4*+1. The second-order valence-electron chi connectivity index (χ2n) is 8.21. The Morgan fingerprint density at radius 3 is 1.50 bits per heavy atom. The van der Waals surface area contributed by atoms with E-state index in [1.54, 1.807) is 62.0 Å². The predicted molar refractivity (Wildman–Crippen MR) is 154 cm³/mol. The van der Waals surface area contributed by atoms with E-state index in [4.69, 9.17) is 17.7 Å². The minimum Gasteiger partial charge on any atom is -0.581 e. The summed E-state index contributed by atoms with van der Waals surface area (Å²) in [5, 5.41) is 0. The van der Waals surface area contributed by atoms with E-state index in [9.17, 15) is 0 Å². The van der Waals surface area contributed by atoms with Gasteiger partial charge in [-0.25, -0.2) is 0 Å². The molecule has 0 amide bonds. The molecular weight excluding hydrogens is 588 g/mol. The molecular formula is C32H20Li4N8O4. The van der Waals surface area contributed by atoms with Crippen LogP contribution in [-0.2, 0) is 0 Å². The zero-order valence-electron chi connectivity index (χ0n) is 26.8. The van der Waals surface area contributed by atoms with Crippen LogP contribution in [0, 0.1) is 25.6 Å². The molecule has 0 saturated carbocycles. The zero-order chi connectivity index (χ0) is 30.1. The van der Waals surface area contributed by atoms with Crippen molar-refractivity contribution in [2.24, 2.45) is 0 Å². The summed E-state index contributed by atoms with van der Waals surface area (Å²) < 4.78 is 19.3. The van der Waals surface area contributed by atoms with Crippen molar-refractivity contribution in [3.05, 3.63) is 148 Å². The number of pyridine rings is 4. The van der Waals surface area contributed by atoms with Gasteiger partial charge in [-0.05, 0) is 89.0 Å². The second kappa shape index (κ2) is 24.0. The summed E-state index contributed by atoms with van der Waals surface area (Å²) in [6.45, 7) is 0. The maximum Gasteiger partial charge on any atom is 1.00 e. The van der Waals surface area contributed by atoms with E-state index < -0.39 is 0 Å². The predicted octanol–water partition coefficient (Wildman–Crippen LogP) is -5.84. The number of rotatable bonds is 4. The number of nitrogens with zero attached hydrogens (tertiary/aromatic N) is 8. The topological polar surface area (TPSA) is 156 Å². The van der Waals surface area contributed by atoms with Crippen LogP contribution < -0.4 is 75.4 Å².